The molecule has 0 atom stereocenters. The molecule has 0 spiro atoms. The van der Waals surface area contributed by atoms with Crippen LogP contribution >= 0.6 is 0 Å². The fourth-order valence-electron chi connectivity index (χ4n) is 2.69. The Morgan fingerprint density at radius 1 is 1.19 bits per heavy atom. The molecule has 1 saturated carbocycles. The van der Waals surface area contributed by atoms with Crippen LogP contribution in [0.2, 0.25) is 0 Å². The van der Waals surface area contributed by atoms with Crippen LogP contribution in [-0.2, 0) is 6.54 Å². The van der Waals surface area contributed by atoms with Gasteiger partial charge < -0.3 is 14.8 Å². The zero-order valence-corrected chi connectivity index (χ0v) is 12.4. The van der Waals surface area contributed by atoms with E-state index in [1.165, 1.54) is 32.1 Å². The number of hydrogen-bond donors (Lipinski definition) is 1. The molecule has 0 bridgehead atoms. The van der Waals surface area contributed by atoms with Crippen molar-refractivity contribution in [2.75, 3.05) is 6.61 Å². The van der Waals surface area contributed by atoms with Gasteiger partial charge in [0.15, 0.2) is 11.5 Å². The molecule has 1 aromatic rings. The lowest BCUT2D eigenvalue weighted by atomic mass is 9.95. The van der Waals surface area contributed by atoms with Gasteiger partial charge in [-0.15, -0.1) is 0 Å². The lowest BCUT2D eigenvalue weighted by molar-refractivity contribution is -0.0514. The maximum Gasteiger partial charge on any atom is 0.387 e. The smallest absolute Gasteiger partial charge is 0.387 e. The summed E-state index contributed by atoms with van der Waals surface area (Å²) in [7, 11) is 0. The van der Waals surface area contributed by atoms with Crippen LogP contribution in [0.3, 0.4) is 0 Å². The van der Waals surface area contributed by atoms with E-state index in [-0.39, 0.29) is 5.75 Å². The third-order valence-electron chi connectivity index (χ3n) is 3.72. The molecule has 1 aromatic carbocycles. The minimum atomic E-state index is -2.84. The van der Waals surface area contributed by atoms with Gasteiger partial charge in [-0.3, -0.25) is 0 Å². The van der Waals surface area contributed by atoms with Crippen LogP contribution < -0.4 is 14.8 Å². The zero-order chi connectivity index (χ0) is 15.1. The fourth-order valence-corrected chi connectivity index (χ4v) is 2.69. The second-order valence-electron chi connectivity index (χ2n) is 5.31. The first-order chi connectivity index (χ1) is 10.2. The predicted molar refractivity (Wildman–Crippen MR) is 78.0 cm³/mol. The Labute approximate surface area is 124 Å². The first-order valence-electron chi connectivity index (χ1n) is 7.63. The molecule has 5 heteroatoms. The first-order valence-corrected chi connectivity index (χ1v) is 7.63. The molecule has 3 nitrogen and oxygen atoms in total. The van der Waals surface area contributed by atoms with E-state index in [0.29, 0.717) is 18.4 Å². The zero-order valence-electron chi connectivity index (χ0n) is 12.4. The summed E-state index contributed by atoms with van der Waals surface area (Å²) < 4.78 is 34.5. The quantitative estimate of drug-likeness (QED) is 0.822. The number of halogens is 2. The molecule has 118 valence electrons. The van der Waals surface area contributed by atoms with Crippen molar-refractivity contribution in [3.8, 4) is 11.5 Å². The first kappa shape index (κ1) is 16.0. The van der Waals surface area contributed by atoms with E-state index in [4.69, 9.17) is 4.74 Å². The van der Waals surface area contributed by atoms with Gasteiger partial charge >= 0.3 is 6.61 Å². The second-order valence-corrected chi connectivity index (χ2v) is 5.31. The SMILES string of the molecule is CCOc1cc(CNC2CCCCC2)ccc1OC(F)F. The monoisotopic (exact) mass is 299 g/mol. The van der Waals surface area contributed by atoms with Crippen molar-refractivity contribution in [2.24, 2.45) is 0 Å². The van der Waals surface area contributed by atoms with Gasteiger partial charge in [-0.25, -0.2) is 0 Å². The van der Waals surface area contributed by atoms with E-state index >= 15 is 0 Å². The Morgan fingerprint density at radius 3 is 2.62 bits per heavy atom. The number of nitrogens with one attached hydrogen (secondary N) is 1. The van der Waals surface area contributed by atoms with E-state index in [1.54, 1.807) is 18.2 Å². The average molecular weight is 299 g/mol. The van der Waals surface area contributed by atoms with Crippen molar-refractivity contribution in [3.63, 3.8) is 0 Å². The maximum atomic E-state index is 12.3. The van der Waals surface area contributed by atoms with Crippen LogP contribution in [0, 0.1) is 0 Å². The molecular weight excluding hydrogens is 276 g/mol. The minimum Gasteiger partial charge on any atom is -0.490 e. The molecule has 0 heterocycles. The van der Waals surface area contributed by atoms with Gasteiger partial charge in [-0.2, -0.15) is 8.78 Å². The van der Waals surface area contributed by atoms with Crippen molar-refractivity contribution in [3.05, 3.63) is 23.8 Å². The van der Waals surface area contributed by atoms with Crippen LogP contribution in [-0.4, -0.2) is 19.3 Å². The third-order valence-corrected chi connectivity index (χ3v) is 3.72. The predicted octanol–water partition coefficient (Wildman–Crippen LogP) is 4.11. The number of alkyl halides is 2. The Hall–Kier alpha value is -1.36. The van der Waals surface area contributed by atoms with E-state index in [0.717, 1.165) is 12.1 Å². The van der Waals surface area contributed by atoms with Crippen molar-refractivity contribution in [1.29, 1.82) is 0 Å². The van der Waals surface area contributed by atoms with Crippen LogP contribution in [0.1, 0.15) is 44.6 Å². The summed E-state index contributed by atoms with van der Waals surface area (Å²) in [6.45, 7) is 0.119. The summed E-state index contributed by atoms with van der Waals surface area (Å²) in [6, 6.07) is 5.69. The Balaban J connectivity index is 1.97. The van der Waals surface area contributed by atoms with Gasteiger partial charge in [-0.05, 0) is 37.5 Å². The van der Waals surface area contributed by atoms with Gasteiger partial charge in [-0.1, -0.05) is 25.3 Å². The molecule has 0 saturated heterocycles. The van der Waals surface area contributed by atoms with Crippen LogP contribution in [0.15, 0.2) is 18.2 Å². The Bertz CT molecular complexity index is 434. The largest absolute Gasteiger partial charge is 0.490 e. The molecule has 1 fully saturated rings. The fraction of sp³-hybridized carbons (Fsp3) is 0.625. The maximum absolute atomic E-state index is 12.3. The summed E-state index contributed by atoms with van der Waals surface area (Å²) in [5.74, 6) is 0.467. The number of ether oxygens (including phenoxy) is 2. The van der Waals surface area contributed by atoms with Crippen molar-refractivity contribution < 1.29 is 18.3 Å². The van der Waals surface area contributed by atoms with E-state index in [2.05, 4.69) is 10.1 Å². The summed E-state index contributed by atoms with van der Waals surface area (Å²) in [5, 5.41) is 3.52. The lowest BCUT2D eigenvalue weighted by Gasteiger charge is -2.23. The molecule has 0 aromatic heterocycles. The summed E-state index contributed by atoms with van der Waals surface area (Å²) in [6.07, 6.45) is 6.31. The van der Waals surface area contributed by atoms with Gasteiger partial charge in [0.25, 0.3) is 0 Å². The van der Waals surface area contributed by atoms with Gasteiger partial charge in [0.05, 0.1) is 6.61 Å². The van der Waals surface area contributed by atoms with E-state index < -0.39 is 6.61 Å². The highest BCUT2D eigenvalue weighted by atomic mass is 19.3. The van der Waals surface area contributed by atoms with Gasteiger partial charge in [0.1, 0.15) is 0 Å². The summed E-state index contributed by atoms with van der Waals surface area (Å²) >= 11 is 0. The molecular formula is C16H23F2NO2. The van der Waals surface area contributed by atoms with Gasteiger partial charge in [0.2, 0.25) is 0 Å². The summed E-state index contributed by atoms with van der Waals surface area (Å²) in [4.78, 5) is 0. The third kappa shape index (κ3) is 5.16. The second kappa shape index (κ2) is 8.17. The molecule has 2 rings (SSSR count). The number of rotatable bonds is 7. The van der Waals surface area contributed by atoms with Crippen LogP contribution in [0.5, 0.6) is 11.5 Å². The van der Waals surface area contributed by atoms with Crippen molar-refractivity contribution >= 4 is 0 Å². The van der Waals surface area contributed by atoms with E-state index in [9.17, 15) is 8.78 Å². The molecule has 1 aliphatic carbocycles. The molecule has 21 heavy (non-hydrogen) atoms. The lowest BCUT2D eigenvalue weighted by Crippen LogP contribution is -2.30. The Morgan fingerprint density at radius 2 is 1.95 bits per heavy atom. The van der Waals surface area contributed by atoms with Crippen molar-refractivity contribution in [2.45, 2.75) is 58.2 Å². The standard InChI is InChI=1S/C16H23F2NO2/c1-2-20-15-10-12(8-9-14(15)21-16(17)18)11-19-13-6-4-3-5-7-13/h8-10,13,16,19H,2-7,11H2,1H3. The highest BCUT2D eigenvalue weighted by molar-refractivity contribution is 5.43. The normalized spacial score (nSPS) is 16.2. The number of benzene rings is 1. The molecule has 1 N–H and O–H groups in total. The topological polar surface area (TPSA) is 30.5 Å². The van der Waals surface area contributed by atoms with E-state index in [1.807, 2.05) is 6.92 Å². The Kier molecular flexibility index (Phi) is 6.23. The highest BCUT2D eigenvalue weighted by Crippen LogP contribution is 2.30. The van der Waals surface area contributed by atoms with Crippen LogP contribution in [0.4, 0.5) is 8.78 Å². The average Bonchev–Trinajstić information content (AvgIpc) is 2.48. The highest BCUT2D eigenvalue weighted by Gasteiger charge is 2.14. The molecule has 0 radical (unpaired) electrons. The van der Waals surface area contributed by atoms with Crippen LogP contribution in [0.25, 0.3) is 0 Å². The van der Waals surface area contributed by atoms with Gasteiger partial charge in [0, 0.05) is 12.6 Å². The summed E-state index contributed by atoms with van der Waals surface area (Å²) in [5.41, 5.74) is 1.02. The van der Waals surface area contributed by atoms with Crippen molar-refractivity contribution in [1.82, 2.24) is 5.32 Å². The molecule has 1 aliphatic rings. The molecule has 0 aliphatic heterocycles. The number of hydrogen-bond acceptors (Lipinski definition) is 3. The molecule has 0 unspecified atom stereocenters. The minimum absolute atomic E-state index is 0.0910. The molecule has 0 amide bonds.